The molecule has 0 aromatic carbocycles. The molecular weight excluding hydrogens is 250 g/mol. The lowest BCUT2D eigenvalue weighted by Gasteiger charge is -2.40. The van der Waals surface area contributed by atoms with Crippen molar-refractivity contribution in [2.24, 2.45) is 5.92 Å². The second kappa shape index (κ2) is 6.53. The molecule has 2 rings (SSSR count). The Kier molecular flexibility index (Phi) is 4.97. The van der Waals surface area contributed by atoms with Gasteiger partial charge in [0.25, 0.3) is 0 Å². The molecule has 1 aromatic heterocycles. The quantitative estimate of drug-likeness (QED) is 0.845. The molecule has 1 aliphatic heterocycles. The van der Waals surface area contributed by atoms with Gasteiger partial charge in [-0.3, -0.25) is 4.90 Å². The summed E-state index contributed by atoms with van der Waals surface area (Å²) in [5, 5.41) is 8.60. The summed E-state index contributed by atoms with van der Waals surface area (Å²) in [4.78, 5) is 2.54. The molecule has 4 nitrogen and oxygen atoms in total. The molecule has 0 bridgehead atoms. The molecule has 112 valence electrons. The van der Waals surface area contributed by atoms with Crippen molar-refractivity contribution in [3.05, 3.63) is 17.8 Å². The van der Waals surface area contributed by atoms with Gasteiger partial charge in [0.15, 0.2) is 0 Å². The highest BCUT2D eigenvalue weighted by atomic mass is 16.5. The Balaban J connectivity index is 2.12. The van der Waals surface area contributed by atoms with Gasteiger partial charge in [-0.2, -0.15) is 5.10 Å². The number of ether oxygens (including phenoxy) is 1. The van der Waals surface area contributed by atoms with Crippen LogP contribution in [0.1, 0.15) is 59.2 Å². The largest absolute Gasteiger partial charge is 0.474 e. The number of hydrogen-bond donors (Lipinski definition) is 0. The minimum absolute atomic E-state index is 0.137. The summed E-state index contributed by atoms with van der Waals surface area (Å²) in [5.74, 6) is 1.38. The highest BCUT2D eigenvalue weighted by molar-refractivity contribution is 5.15. The van der Waals surface area contributed by atoms with Crippen LogP contribution < -0.4 is 4.74 Å². The molecule has 0 aliphatic carbocycles. The Morgan fingerprint density at radius 2 is 1.90 bits per heavy atom. The zero-order chi connectivity index (χ0) is 14.7. The van der Waals surface area contributed by atoms with Gasteiger partial charge < -0.3 is 4.74 Å². The zero-order valence-corrected chi connectivity index (χ0v) is 13.3. The van der Waals surface area contributed by atoms with Gasteiger partial charge in [0.2, 0.25) is 5.88 Å². The molecule has 1 aromatic rings. The van der Waals surface area contributed by atoms with E-state index < -0.39 is 0 Å². The molecule has 0 unspecified atom stereocenters. The SMILES string of the molecule is CC(C)Oc1ccc([C@H]2CC[C@H](C)CN2C(C)C)nn1. The first-order valence-corrected chi connectivity index (χ1v) is 7.73. The van der Waals surface area contributed by atoms with E-state index >= 15 is 0 Å². The minimum Gasteiger partial charge on any atom is -0.474 e. The third-order valence-corrected chi connectivity index (χ3v) is 3.88. The van der Waals surface area contributed by atoms with Crippen LogP contribution in [0.2, 0.25) is 0 Å². The van der Waals surface area contributed by atoms with Crippen LogP contribution in [0.5, 0.6) is 5.88 Å². The van der Waals surface area contributed by atoms with Crippen LogP contribution in [0.3, 0.4) is 0 Å². The summed E-state index contributed by atoms with van der Waals surface area (Å²) >= 11 is 0. The van der Waals surface area contributed by atoms with Crippen LogP contribution >= 0.6 is 0 Å². The first-order chi connectivity index (χ1) is 9.47. The van der Waals surface area contributed by atoms with Gasteiger partial charge in [-0.1, -0.05) is 6.92 Å². The second-order valence-electron chi connectivity index (χ2n) is 6.45. The molecule has 20 heavy (non-hydrogen) atoms. The van der Waals surface area contributed by atoms with Crippen LogP contribution in [0.15, 0.2) is 12.1 Å². The molecule has 2 heterocycles. The Labute approximate surface area is 122 Å². The average Bonchev–Trinajstić information content (AvgIpc) is 2.39. The first kappa shape index (κ1) is 15.2. The maximum absolute atomic E-state index is 5.56. The summed E-state index contributed by atoms with van der Waals surface area (Å²) in [6.07, 6.45) is 2.57. The van der Waals surface area contributed by atoms with Crippen LogP contribution in [0, 0.1) is 5.92 Å². The van der Waals surface area contributed by atoms with Crippen LogP contribution in [0.4, 0.5) is 0 Å². The van der Waals surface area contributed by atoms with E-state index in [0.29, 0.717) is 18.0 Å². The van der Waals surface area contributed by atoms with E-state index in [9.17, 15) is 0 Å². The number of nitrogens with zero attached hydrogens (tertiary/aromatic N) is 3. The molecule has 0 amide bonds. The van der Waals surface area contributed by atoms with Crippen molar-refractivity contribution in [1.29, 1.82) is 0 Å². The molecule has 1 saturated heterocycles. The fourth-order valence-electron chi connectivity index (χ4n) is 2.89. The van der Waals surface area contributed by atoms with Crippen LogP contribution in [-0.2, 0) is 0 Å². The smallest absolute Gasteiger partial charge is 0.233 e. The third kappa shape index (κ3) is 3.69. The maximum Gasteiger partial charge on any atom is 0.233 e. The zero-order valence-electron chi connectivity index (χ0n) is 13.3. The fourth-order valence-corrected chi connectivity index (χ4v) is 2.89. The van der Waals surface area contributed by atoms with Crippen molar-refractivity contribution >= 4 is 0 Å². The van der Waals surface area contributed by atoms with Crippen molar-refractivity contribution in [1.82, 2.24) is 15.1 Å². The van der Waals surface area contributed by atoms with Crippen molar-refractivity contribution < 1.29 is 4.74 Å². The van der Waals surface area contributed by atoms with E-state index in [-0.39, 0.29) is 6.10 Å². The van der Waals surface area contributed by atoms with Gasteiger partial charge >= 0.3 is 0 Å². The number of piperidine rings is 1. The van der Waals surface area contributed by atoms with E-state index in [1.807, 2.05) is 19.9 Å². The molecule has 1 fully saturated rings. The van der Waals surface area contributed by atoms with Crippen LogP contribution in [0.25, 0.3) is 0 Å². The van der Waals surface area contributed by atoms with E-state index in [1.165, 1.54) is 12.8 Å². The normalized spacial score (nSPS) is 24.4. The molecule has 0 radical (unpaired) electrons. The lowest BCUT2D eigenvalue weighted by Crippen LogP contribution is -2.42. The molecule has 0 N–H and O–H groups in total. The topological polar surface area (TPSA) is 38.2 Å². The number of likely N-dealkylation sites (tertiary alicyclic amines) is 1. The lowest BCUT2D eigenvalue weighted by molar-refractivity contribution is 0.0786. The molecule has 0 saturated carbocycles. The van der Waals surface area contributed by atoms with Gasteiger partial charge in [-0.15, -0.1) is 5.10 Å². The first-order valence-electron chi connectivity index (χ1n) is 7.73. The second-order valence-corrected chi connectivity index (χ2v) is 6.45. The predicted octanol–water partition coefficient (Wildman–Crippen LogP) is 3.45. The van der Waals surface area contributed by atoms with Crippen LogP contribution in [-0.4, -0.2) is 33.8 Å². The third-order valence-electron chi connectivity index (χ3n) is 3.88. The highest BCUT2D eigenvalue weighted by Gasteiger charge is 2.30. The summed E-state index contributed by atoms with van der Waals surface area (Å²) < 4.78 is 5.56. The van der Waals surface area contributed by atoms with E-state index in [4.69, 9.17) is 4.74 Å². The van der Waals surface area contributed by atoms with Crippen molar-refractivity contribution in [3.8, 4) is 5.88 Å². The predicted molar refractivity (Wildman–Crippen MR) is 80.8 cm³/mol. The highest BCUT2D eigenvalue weighted by Crippen LogP contribution is 2.33. The van der Waals surface area contributed by atoms with Crippen molar-refractivity contribution in [2.45, 2.75) is 65.6 Å². The average molecular weight is 277 g/mol. The minimum atomic E-state index is 0.137. The Morgan fingerprint density at radius 1 is 1.15 bits per heavy atom. The summed E-state index contributed by atoms with van der Waals surface area (Å²) in [5.41, 5.74) is 1.07. The summed E-state index contributed by atoms with van der Waals surface area (Å²) in [6.45, 7) is 12.0. The number of hydrogen-bond acceptors (Lipinski definition) is 4. The Morgan fingerprint density at radius 3 is 2.45 bits per heavy atom. The maximum atomic E-state index is 5.56. The molecule has 1 aliphatic rings. The Bertz CT molecular complexity index is 416. The monoisotopic (exact) mass is 277 g/mol. The summed E-state index contributed by atoms with van der Waals surface area (Å²) in [6, 6.07) is 4.95. The van der Waals surface area contributed by atoms with Crippen molar-refractivity contribution in [2.75, 3.05) is 6.54 Å². The molecule has 2 atom stereocenters. The van der Waals surface area contributed by atoms with Gasteiger partial charge in [0.1, 0.15) is 0 Å². The van der Waals surface area contributed by atoms with E-state index in [1.54, 1.807) is 0 Å². The Hall–Kier alpha value is -1.16. The number of rotatable bonds is 4. The van der Waals surface area contributed by atoms with Gasteiger partial charge in [-0.05, 0) is 52.5 Å². The van der Waals surface area contributed by atoms with Gasteiger partial charge in [-0.25, -0.2) is 0 Å². The van der Waals surface area contributed by atoms with Gasteiger partial charge in [0, 0.05) is 18.7 Å². The van der Waals surface area contributed by atoms with E-state index in [0.717, 1.165) is 18.2 Å². The van der Waals surface area contributed by atoms with Crippen molar-refractivity contribution in [3.63, 3.8) is 0 Å². The number of aromatic nitrogens is 2. The standard InChI is InChI=1S/C16H27N3O/c1-11(2)19-10-13(5)6-8-15(19)14-7-9-16(18-17-14)20-12(3)4/h7,9,11-13,15H,6,8,10H2,1-5H3/t13-,15+/m0/s1. The van der Waals surface area contributed by atoms with Gasteiger partial charge in [0.05, 0.1) is 17.8 Å². The lowest BCUT2D eigenvalue weighted by atomic mass is 9.91. The van der Waals surface area contributed by atoms with E-state index in [2.05, 4.69) is 41.9 Å². The summed E-state index contributed by atoms with van der Waals surface area (Å²) in [7, 11) is 0. The fraction of sp³-hybridized carbons (Fsp3) is 0.750. The molecular formula is C16H27N3O. The molecule has 4 heteroatoms. The molecule has 0 spiro atoms.